The number of rotatable bonds is 9. The molecule has 0 aliphatic heterocycles. The minimum atomic E-state index is -3.85. The number of carbonyl (C=O) groups is 1. The highest BCUT2D eigenvalue weighted by Crippen LogP contribution is 2.22. The third-order valence-corrected chi connectivity index (χ3v) is 6.65. The maximum atomic E-state index is 13.2. The van der Waals surface area contributed by atoms with E-state index in [0.717, 1.165) is 17.5 Å². The van der Waals surface area contributed by atoms with E-state index in [-0.39, 0.29) is 10.8 Å². The molecular weight excluding hydrogens is 424 g/mol. The van der Waals surface area contributed by atoms with E-state index in [1.807, 2.05) is 44.2 Å². The van der Waals surface area contributed by atoms with E-state index >= 15 is 0 Å². The first-order valence-corrected chi connectivity index (χ1v) is 11.9. The molecule has 0 heterocycles. The van der Waals surface area contributed by atoms with Crippen LogP contribution in [0, 0.1) is 6.92 Å². The second kappa shape index (κ2) is 10.3. The van der Waals surface area contributed by atoms with E-state index in [2.05, 4.69) is 4.72 Å². The van der Waals surface area contributed by atoms with Gasteiger partial charge in [0.2, 0.25) is 0 Å². The Kier molecular flexibility index (Phi) is 7.53. The Bertz CT molecular complexity index is 1160. The maximum absolute atomic E-state index is 13.2. The molecule has 0 bridgehead atoms. The average Bonchev–Trinajstić information content (AvgIpc) is 2.80. The molecule has 0 atom stereocenters. The Hall–Kier alpha value is -3.32. The van der Waals surface area contributed by atoms with Crippen molar-refractivity contribution in [2.45, 2.75) is 25.2 Å². The minimum absolute atomic E-state index is 0.0429. The second-order valence-corrected chi connectivity index (χ2v) is 9.11. The van der Waals surface area contributed by atoms with Crippen LogP contribution < -0.4 is 9.46 Å². The minimum Gasteiger partial charge on any atom is -0.497 e. The second-order valence-electron chi connectivity index (χ2n) is 7.43. The quantitative estimate of drug-likeness (QED) is 0.518. The standard InChI is InChI=1S/C25H28N2O4S/c1-4-27(17-16-20-8-6-5-7-9-20)25(28)24-18-23(15-10-19(24)2)32(29,30)26-21-11-13-22(31-3)14-12-21/h5-15,18,26H,4,16-17H2,1-3H3. The normalized spacial score (nSPS) is 11.1. The number of nitrogens with one attached hydrogen (secondary N) is 1. The molecule has 3 rings (SSSR count). The van der Waals surface area contributed by atoms with Crippen molar-refractivity contribution in [1.29, 1.82) is 0 Å². The number of hydrogen-bond donors (Lipinski definition) is 1. The summed E-state index contributed by atoms with van der Waals surface area (Å²) in [6.45, 7) is 4.82. The number of ether oxygens (including phenoxy) is 1. The molecule has 0 unspecified atom stereocenters. The molecule has 1 amide bonds. The van der Waals surface area contributed by atoms with Gasteiger partial charge in [-0.2, -0.15) is 0 Å². The number of nitrogens with zero attached hydrogens (tertiary/aromatic N) is 1. The van der Waals surface area contributed by atoms with E-state index in [4.69, 9.17) is 4.74 Å². The smallest absolute Gasteiger partial charge is 0.261 e. The highest BCUT2D eigenvalue weighted by Gasteiger charge is 2.21. The van der Waals surface area contributed by atoms with E-state index in [9.17, 15) is 13.2 Å². The predicted octanol–water partition coefficient (Wildman–Crippen LogP) is 4.51. The van der Waals surface area contributed by atoms with E-state index in [0.29, 0.717) is 30.1 Å². The lowest BCUT2D eigenvalue weighted by Crippen LogP contribution is -2.33. The molecule has 6 nitrogen and oxygen atoms in total. The van der Waals surface area contributed by atoms with E-state index in [1.54, 1.807) is 42.3 Å². The Balaban J connectivity index is 1.80. The van der Waals surface area contributed by atoms with Gasteiger partial charge in [-0.1, -0.05) is 36.4 Å². The summed E-state index contributed by atoms with van der Waals surface area (Å²) < 4.78 is 33.5. The lowest BCUT2D eigenvalue weighted by atomic mass is 10.1. The number of aryl methyl sites for hydroxylation is 1. The number of benzene rings is 3. The van der Waals surface area contributed by atoms with Crippen molar-refractivity contribution < 1.29 is 17.9 Å². The van der Waals surface area contributed by atoms with Crippen molar-refractivity contribution in [2.24, 2.45) is 0 Å². The number of likely N-dealkylation sites (N-methyl/N-ethyl adjacent to an activating group) is 1. The Morgan fingerprint density at radius 1 is 1.00 bits per heavy atom. The highest BCUT2D eigenvalue weighted by molar-refractivity contribution is 7.92. The molecule has 0 radical (unpaired) electrons. The summed E-state index contributed by atoms with van der Waals surface area (Å²) >= 11 is 0. The zero-order valence-corrected chi connectivity index (χ0v) is 19.4. The number of carbonyl (C=O) groups excluding carboxylic acids is 1. The van der Waals surface area contributed by atoms with E-state index < -0.39 is 10.0 Å². The third kappa shape index (κ3) is 5.68. The number of amides is 1. The van der Waals surface area contributed by atoms with Gasteiger partial charge in [0.25, 0.3) is 15.9 Å². The molecule has 0 fully saturated rings. The fourth-order valence-corrected chi connectivity index (χ4v) is 4.44. The van der Waals surface area contributed by atoms with Crippen LogP contribution in [-0.4, -0.2) is 39.4 Å². The summed E-state index contributed by atoms with van der Waals surface area (Å²) in [5.41, 5.74) is 2.68. The summed E-state index contributed by atoms with van der Waals surface area (Å²) in [7, 11) is -2.31. The van der Waals surface area contributed by atoms with Crippen LogP contribution in [0.1, 0.15) is 28.4 Å². The van der Waals surface area contributed by atoms with Gasteiger partial charge in [-0.05, 0) is 67.8 Å². The molecule has 32 heavy (non-hydrogen) atoms. The third-order valence-electron chi connectivity index (χ3n) is 5.27. The first-order chi connectivity index (χ1) is 15.3. The van der Waals surface area contributed by atoms with Crippen LogP contribution in [0.3, 0.4) is 0 Å². The van der Waals surface area contributed by atoms with Crippen LogP contribution in [0.15, 0.2) is 77.7 Å². The molecule has 168 valence electrons. The summed E-state index contributed by atoms with van der Waals surface area (Å²) in [5.74, 6) is 0.453. The summed E-state index contributed by atoms with van der Waals surface area (Å²) in [5, 5.41) is 0. The van der Waals surface area contributed by atoms with Crippen molar-refractivity contribution in [2.75, 3.05) is 24.9 Å². The SMILES string of the molecule is CCN(CCc1ccccc1)C(=O)c1cc(S(=O)(=O)Nc2ccc(OC)cc2)ccc1C. The molecular formula is C25H28N2O4S. The predicted molar refractivity (Wildman–Crippen MR) is 127 cm³/mol. The van der Waals surface area contributed by atoms with Crippen LogP contribution in [0.25, 0.3) is 0 Å². The summed E-state index contributed by atoms with van der Waals surface area (Å²) in [6.07, 6.45) is 0.733. The van der Waals surface area contributed by atoms with Crippen LogP contribution in [0.5, 0.6) is 5.75 Å². The molecule has 1 N–H and O–H groups in total. The van der Waals surface area contributed by atoms with E-state index in [1.165, 1.54) is 12.1 Å². The van der Waals surface area contributed by atoms with Crippen molar-refractivity contribution in [1.82, 2.24) is 4.90 Å². The molecule has 0 aliphatic carbocycles. The van der Waals surface area contributed by atoms with Gasteiger partial charge in [0.15, 0.2) is 0 Å². The number of hydrogen-bond acceptors (Lipinski definition) is 4. The van der Waals surface area contributed by atoms with Gasteiger partial charge < -0.3 is 9.64 Å². The Morgan fingerprint density at radius 2 is 1.69 bits per heavy atom. The van der Waals surface area contributed by atoms with Crippen LogP contribution in [0.2, 0.25) is 0 Å². The zero-order chi connectivity index (χ0) is 23.1. The average molecular weight is 453 g/mol. The monoisotopic (exact) mass is 452 g/mol. The van der Waals surface area contributed by atoms with Crippen molar-refractivity contribution in [3.63, 3.8) is 0 Å². The fraction of sp³-hybridized carbons (Fsp3) is 0.240. The Labute approximate surface area is 189 Å². The van der Waals surface area contributed by atoms with Gasteiger partial charge in [-0.3, -0.25) is 9.52 Å². The van der Waals surface area contributed by atoms with Gasteiger partial charge in [0, 0.05) is 24.3 Å². The lowest BCUT2D eigenvalue weighted by Gasteiger charge is -2.22. The largest absolute Gasteiger partial charge is 0.497 e. The summed E-state index contributed by atoms with van der Waals surface area (Å²) in [6, 6.07) is 21.2. The van der Waals surface area contributed by atoms with Crippen LogP contribution >= 0.6 is 0 Å². The molecule has 0 aromatic heterocycles. The first kappa shape index (κ1) is 23.3. The molecule has 0 spiro atoms. The number of anilines is 1. The lowest BCUT2D eigenvalue weighted by molar-refractivity contribution is 0.0765. The van der Waals surface area contributed by atoms with Gasteiger partial charge in [-0.25, -0.2) is 8.42 Å². The molecule has 7 heteroatoms. The van der Waals surface area contributed by atoms with Crippen LogP contribution in [-0.2, 0) is 16.4 Å². The topological polar surface area (TPSA) is 75.7 Å². The fourth-order valence-electron chi connectivity index (χ4n) is 3.35. The molecule has 3 aromatic carbocycles. The van der Waals surface area contributed by atoms with Gasteiger partial charge in [-0.15, -0.1) is 0 Å². The Morgan fingerprint density at radius 3 is 2.31 bits per heavy atom. The maximum Gasteiger partial charge on any atom is 0.261 e. The van der Waals surface area contributed by atoms with Gasteiger partial charge in [0.05, 0.1) is 12.0 Å². The van der Waals surface area contributed by atoms with Gasteiger partial charge in [0.1, 0.15) is 5.75 Å². The first-order valence-electron chi connectivity index (χ1n) is 10.4. The van der Waals surface area contributed by atoms with Crippen molar-refractivity contribution in [3.05, 3.63) is 89.5 Å². The van der Waals surface area contributed by atoms with Gasteiger partial charge >= 0.3 is 0 Å². The highest BCUT2D eigenvalue weighted by atomic mass is 32.2. The zero-order valence-electron chi connectivity index (χ0n) is 18.5. The molecule has 0 saturated heterocycles. The number of methoxy groups -OCH3 is 1. The molecule has 0 saturated carbocycles. The van der Waals surface area contributed by atoms with Crippen molar-refractivity contribution in [3.8, 4) is 5.75 Å². The number of sulfonamides is 1. The molecule has 0 aliphatic rings. The van der Waals surface area contributed by atoms with Crippen molar-refractivity contribution >= 4 is 21.6 Å². The van der Waals surface area contributed by atoms with Crippen LogP contribution in [0.4, 0.5) is 5.69 Å². The summed E-state index contributed by atoms with van der Waals surface area (Å²) in [4.78, 5) is 15.0. The molecule has 3 aromatic rings.